The fourth-order valence-electron chi connectivity index (χ4n) is 2.31. The maximum atomic E-state index is 13.4. The van der Waals surface area contributed by atoms with Gasteiger partial charge in [-0.2, -0.15) is 0 Å². The van der Waals surface area contributed by atoms with Crippen molar-refractivity contribution in [3.05, 3.63) is 30.1 Å². The van der Waals surface area contributed by atoms with Gasteiger partial charge in [0.1, 0.15) is 5.82 Å². The fraction of sp³-hybridized carbons (Fsp3) is 0.467. The van der Waals surface area contributed by atoms with E-state index in [1.807, 2.05) is 0 Å². The summed E-state index contributed by atoms with van der Waals surface area (Å²) in [6.07, 6.45) is 0.992. The minimum atomic E-state index is -0.262. The lowest BCUT2D eigenvalue weighted by Gasteiger charge is -2.15. The molecule has 1 amide bonds. The van der Waals surface area contributed by atoms with Crippen LogP contribution in [-0.4, -0.2) is 42.7 Å². The van der Waals surface area contributed by atoms with E-state index in [1.165, 1.54) is 24.9 Å². The molecule has 1 heterocycles. The first-order valence-corrected chi connectivity index (χ1v) is 7.83. The van der Waals surface area contributed by atoms with Crippen molar-refractivity contribution >= 4 is 23.6 Å². The molecule has 114 valence electrons. The van der Waals surface area contributed by atoms with E-state index >= 15 is 0 Å². The molecular formula is C15H18FNO3S. The first-order chi connectivity index (χ1) is 10.1. The minimum Gasteiger partial charge on any atom is -0.469 e. The molecule has 6 heteroatoms. The molecule has 1 unspecified atom stereocenters. The van der Waals surface area contributed by atoms with E-state index in [-0.39, 0.29) is 23.6 Å². The topological polar surface area (TPSA) is 46.6 Å². The summed E-state index contributed by atoms with van der Waals surface area (Å²) in [5, 5.41) is 0. The van der Waals surface area contributed by atoms with Crippen molar-refractivity contribution in [1.82, 2.24) is 4.90 Å². The van der Waals surface area contributed by atoms with Gasteiger partial charge >= 0.3 is 5.97 Å². The second kappa shape index (κ2) is 7.45. The zero-order chi connectivity index (χ0) is 15.2. The molecule has 2 rings (SSSR count). The van der Waals surface area contributed by atoms with Crippen molar-refractivity contribution in [2.45, 2.75) is 17.7 Å². The van der Waals surface area contributed by atoms with Gasteiger partial charge in [0.15, 0.2) is 0 Å². The lowest BCUT2D eigenvalue weighted by atomic mass is 10.1. The maximum Gasteiger partial charge on any atom is 0.310 e. The summed E-state index contributed by atoms with van der Waals surface area (Å²) in [5.74, 6) is -0.199. The number of carbonyl (C=O) groups excluding carboxylic acids is 2. The monoisotopic (exact) mass is 311 g/mol. The van der Waals surface area contributed by atoms with Gasteiger partial charge in [0.2, 0.25) is 5.91 Å². The second-order valence-electron chi connectivity index (χ2n) is 4.88. The third-order valence-electron chi connectivity index (χ3n) is 3.49. The molecule has 1 saturated heterocycles. The molecule has 1 aromatic carbocycles. The summed E-state index contributed by atoms with van der Waals surface area (Å²) in [5.41, 5.74) is 0. The molecule has 1 aliphatic heterocycles. The molecule has 1 aliphatic rings. The number of likely N-dealkylation sites (tertiary alicyclic amines) is 1. The number of benzene rings is 1. The molecule has 1 atom stereocenters. The van der Waals surface area contributed by atoms with Crippen LogP contribution >= 0.6 is 11.8 Å². The van der Waals surface area contributed by atoms with Crippen molar-refractivity contribution in [1.29, 1.82) is 0 Å². The lowest BCUT2D eigenvalue weighted by molar-refractivity contribution is -0.145. The number of esters is 1. The van der Waals surface area contributed by atoms with E-state index in [4.69, 9.17) is 4.74 Å². The first-order valence-electron chi connectivity index (χ1n) is 6.84. The standard InChI is InChI=1S/C15H18FNO3S/c1-20-15(19)11-6-8-17(10-11)14(18)7-9-21-13-5-3-2-4-12(13)16/h2-5,11H,6-10H2,1H3. The van der Waals surface area contributed by atoms with Crippen LogP contribution in [0.5, 0.6) is 0 Å². The Bertz CT molecular complexity index is 523. The average Bonchev–Trinajstić information content (AvgIpc) is 2.98. The highest BCUT2D eigenvalue weighted by Gasteiger charge is 2.31. The van der Waals surface area contributed by atoms with Crippen LogP contribution in [0.3, 0.4) is 0 Å². The molecule has 0 saturated carbocycles. The smallest absolute Gasteiger partial charge is 0.310 e. The van der Waals surface area contributed by atoms with Gasteiger partial charge in [-0.1, -0.05) is 12.1 Å². The van der Waals surface area contributed by atoms with E-state index < -0.39 is 0 Å². The molecule has 1 aromatic rings. The Balaban J connectivity index is 1.76. The number of nitrogens with zero attached hydrogens (tertiary/aromatic N) is 1. The Morgan fingerprint density at radius 3 is 2.90 bits per heavy atom. The zero-order valence-corrected chi connectivity index (χ0v) is 12.7. The highest BCUT2D eigenvalue weighted by Crippen LogP contribution is 2.23. The van der Waals surface area contributed by atoms with Gasteiger partial charge in [0.25, 0.3) is 0 Å². The molecule has 0 aliphatic carbocycles. The number of halogens is 1. The number of carbonyl (C=O) groups is 2. The van der Waals surface area contributed by atoms with Crippen LogP contribution in [0, 0.1) is 11.7 Å². The Morgan fingerprint density at radius 2 is 2.19 bits per heavy atom. The van der Waals surface area contributed by atoms with Crippen LogP contribution in [0.2, 0.25) is 0 Å². The highest BCUT2D eigenvalue weighted by molar-refractivity contribution is 7.99. The molecule has 0 bridgehead atoms. The molecule has 0 N–H and O–H groups in total. The lowest BCUT2D eigenvalue weighted by Crippen LogP contribution is -2.30. The van der Waals surface area contributed by atoms with Gasteiger partial charge in [-0.3, -0.25) is 9.59 Å². The molecule has 0 spiro atoms. The van der Waals surface area contributed by atoms with Gasteiger partial charge in [0, 0.05) is 30.2 Å². The van der Waals surface area contributed by atoms with Crippen LogP contribution in [0.4, 0.5) is 4.39 Å². The number of methoxy groups -OCH3 is 1. The number of hydrogen-bond acceptors (Lipinski definition) is 4. The molecule has 21 heavy (non-hydrogen) atoms. The predicted molar refractivity (Wildman–Crippen MR) is 78.4 cm³/mol. The SMILES string of the molecule is COC(=O)C1CCN(C(=O)CCSc2ccccc2F)C1. The number of amides is 1. The fourth-order valence-corrected chi connectivity index (χ4v) is 3.19. The summed E-state index contributed by atoms with van der Waals surface area (Å²) in [6.45, 7) is 1.01. The summed E-state index contributed by atoms with van der Waals surface area (Å²) in [4.78, 5) is 25.7. The number of thioether (sulfide) groups is 1. The summed E-state index contributed by atoms with van der Waals surface area (Å²) in [6, 6.07) is 6.52. The van der Waals surface area contributed by atoms with Crippen LogP contribution in [0.25, 0.3) is 0 Å². The van der Waals surface area contributed by atoms with E-state index in [9.17, 15) is 14.0 Å². The van der Waals surface area contributed by atoms with Crippen molar-refractivity contribution in [3.8, 4) is 0 Å². The maximum absolute atomic E-state index is 13.4. The Labute approximate surface area is 127 Å². The van der Waals surface area contributed by atoms with E-state index in [0.29, 0.717) is 36.6 Å². The quantitative estimate of drug-likeness (QED) is 0.618. The minimum absolute atomic E-state index is 0.00485. The summed E-state index contributed by atoms with van der Waals surface area (Å²) < 4.78 is 18.1. The van der Waals surface area contributed by atoms with Crippen molar-refractivity contribution in [2.24, 2.45) is 5.92 Å². The molecule has 0 aromatic heterocycles. The largest absolute Gasteiger partial charge is 0.469 e. The van der Waals surface area contributed by atoms with Gasteiger partial charge in [-0.25, -0.2) is 4.39 Å². The van der Waals surface area contributed by atoms with Crippen LogP contribution in [0.15, 0.2) is 29.2 Å². The third-order valence-corrected chi connectivity index (χ3v) is 4.54. The summed E-state index contributed by atoms with van der Waals surface area (Å²) >= 11 is 1.33. The van der Waals surface area contributed by atoms with E-state index in [1.54, 1.807) is 23.1 Å². The number of hydrogen-bond donors (Lipinski definition) is 0. The predicted octanol–water partition coefficient (Wildman–Crippen LogP) is 2.33. The van der Waals surface area contributed by atoms with Crippen LogP contribution in [-0.2, 0) is 14.3 Å². The van der Waals surface area contributed by atoms with E-state index in [0.717, 1.165) is 0 Å². The van der Waals surface area contributed by atoms with Gasteiger partial charge in [-0.15, -0.1) is 11.8 Å². The number of ether oxygens (including phenoxy) is 1. The first kappa shape index (κ1) is 15.8. The summed E-state index contributed by atoms with van der Waals surface area (Å²) in [7, 11) is 1.36. The van der Waals surface area contributed by atoms with Crippen LogP contribution in [0.1, 0.15) is 12.8 Å². The third kappa shape index (κ3) is 4.20. The second-order valence-corrected chi connectivity index (χ2v) is 6.01. The molecular weight excluding hydrogens is 293 g/mol. The van der Waals surface area contributed by atoms with Crippen molar-refractivity contribution < 1.29 is 18.7 Å². The van der Waals surface area contributed by atoms with Gasteiger partial charge in [0.05, 0.1) is 13.0 Å². The molecule has 4 nitrogen and oxygen atoms in total. The Morgan fingerprint density at radius 1 is 1.43 bits per heavy atom. The number of rotatable bonds is 5. The van der Waals surface area contributed by atoms with Crippen molar-refractivity contribution in [2.75, 3.05) is 26.0 Å². The van der Waals surface area contributed by atoms with Gasteiger partial charge < -0.3 is 9.64 Å². The Kier molecular flexibility index (Phi) is 5.61. The Hall–Kier alpha value is -1.56. The highest BCUT2D eigenvalue weighted by atomic mass is 32.2. The average molecular weight is 311 g/mol. The van der Waals surface area contributed by atoms with E-state index in [2.05, 4.69) is 0 Å². The normalized spacial score (nSPS) is 17.8. The molecule has 1 fully saturated rings. The van der Waals surface area contributed by atoms with Crippen LogP contribution < -0.4 is 0 Å². The van der Waals surface area contributed by atoms with Crippen molar-refractivity contribution in [3.63, 3.8) is 0 Å². The molecule has 0 radical (unpaired) electrons. The van der Waals surface area contributed by atoms with Gasteiger partial charge in [-0.05, 0) is 18.6 Å². The zero-order valence-electron chi connectivity index (χ0n) is 11.9.